The summed E-state index contributed by atoms with van der Waals surface area (Å²) in [6.45, 7) is 7.26. The number of esters is 1. The van der Waals surface area contributed by atoms with Gasteiger partial charge in [0, 0.05) is 17.9 Å². The number of carbonyl (C=O) groups excluding carboxylic acids is 1. The number of methoxy groups -OCH3 is 1. The van der Waals surface area contributed by atoms with Crippen LogP contribution in [0.15, 0.2) is 40.3 Å². The van der Waals surface area contributed by atoms with Gasteiger partial charge in [-0.05, 0) is 25.0 Å². The summed E-state index contributed by atoms with van der Waals surface area (Å²) in [5, 5.41) is 1.17. The molecule has 0 bridgehead atoms. The molecule has 0 radical (unpaired) electrons. The van der Waals surface area contributed by atoms with Crippen molar-refractivity contribution < 1.29 is 9.53 Å². The lowest BCUT2D eigenvalue weighted by Gasteiger charge is -2.11. The van der Waals surface area contributed by atoms with Crippen molar-refractivity contribution >= 4 is 17.7 Å². The fourth-order valence-electron chi connectivity index (χ4n) is 2.42. The van der Waals surface area contributed by atoms with Crippen LogP contribution in [0.2, 0.25) is 0 Å². The van der Waals surface area contributed by atoms with Crippen molar-refractivity contribution in [1.29, 1.82) is 0 Å². The van der Waals surface area contributed by atoms with E-state index in [2.05, 4.69) is 37.5 Å². The zero-order chi connectivity index (χ0) is 16.8. The van der Waals surface area contributed by atoms with Gasteiger partial charge in [-0.15, -0.1) is 0 Å². The van der Waals surface area contributed by atoms with E-state index in [9.17, 15) is 4.79 Å². The first-order valence-electron chi connectivity index (χ1n) is 7.95. The second-order valence-electron chi connectivity index (χ2n) is 5.61. The van der Waals surface area contributed by atoms with E-state index < -0.39 is 0 Å². The molecule has 23 heavy (non-hydrogen) atoms. The van der Waals surface area contributed by atoms with Gasteiger partial charge in [-0.3, -0.25) is 4.79 Å². The second-order valence-corrected chi connectivity index (χ2v) is 6.67. The molecule has 0 fully saturated rings. The van der Waals surface area contributed by atoms with Gasteiger partial charge in [-0.25, -0.2) is 4.98 Å². The molecule has 4 nitrogen and oxygen atoms in total. The highest BCUT2D eigenvalue weighted by molar-refractivity contribution is 7.99. The first-order chi connectivity index (χ1) is 11.1. The Balaban J connectivity index is 2.34. The molecule has 1 aromatic carbocycles. The van der Waals surface area contributed by atoms with Gasteiger partial charge in [0.1, 0.15) is 10.9 Å². The maximum Gasteiger partial charge on any atom is 0.305 e. The van der Waals surface area contributed by atoms with Crippen molar-refractivity contribution in [3.05, 3.63) is 41.9 Å². The van der Waals surface area contributed by atoms with E-state index in [1.165, 1.54) is 17.0 Å². The molecule has 5 heteroatoms. The third-order valence-electron chi connectivity index (χ3n) is 3.63. The van der Waals surface area contributed by atoms with Crippen molar-refractivity contribution in [3.63, 3.8) is 0 Å². The summed E-state index contributed by atoms with van der Waals surface area (Å²) in [5.41, 5.74) is 1.10. The number of ether oxygens (including phenoxy) is 1. The van der Waals surface area contributed by atoms with E-state index in [1.807, 2.05) is 18.2 Å². The molecule has 2 aromatic rings. The van der Waals surface area contributed by atoms with E-state index >= 15 is 0 Å². The number of imidazole rings is 1. The van der Waals surface area contributed by atoms with Crippen molar-refractivity contribution in [2.45, 2.75) is 56.0 Å². The predicted octanol–water partition coefficient (Wildman–Crippen LogP) is 4.28. The van der Waals surface area contributed by atoms with Gasteiger partial charge in [0.2, 0.25) is 0 Å². The Hall–Kier alpha value is -1.75. The Bertz CT molecular complexity index is 651. The summed E-state index contributed by atoms with van der Waals surface area (Å²) < 4.78 is 6.96. The molecular weight excluding hydrogens is 308 g/mol. The SMILES string of the molecule is CCn1c(CCC(=O)OC)nc(C(C)C)c1Sc1ccccc1. The summed E-state index contributed by atoms with van der Waals surface area (Å²) in [4.78, 5) is 17.5. The van der Waals surface area contributed by atoms with Gasteiger partial charge in [0.05, 0.1) is 19.2 Å². The molecule has 0 aliphatic heterocycles. The van der Waals surface area contributed by atoms with Crippen molar-refractivity contribution in [3.8, 4) is 0 Å². The van der Waals surface area contributed by atoms with E-state index in [-0.39, 0.29) is 5.97 Å². The Morgan fingerprint density at radius 1 is 1.30 bits per heavy atom. The van der Waals surface area contributed by atoms with Crippen LogP contribution < -0.4 is 0 Å². The maximum absolute atomic E-state index is 11.4. The van der Waals surface area contributed by atoms with E-state index in [0.717, 1.165) is 18.1 Å². The third kappa shape index (κ3) is 4.38. The number of aryl methyl sites for hydroxylation is 1. The fourth-order valence-corrected chi connectivity index (χ4v) is 3.67. The molecule has 0 N–H and O–H groups in total. The number of carbonyl (C=O) groups is 1. The van der Waals surface area contributed by atoms with Crippen LogP contribution in [0.3, 0.4) is 0 Å². The lowest BCUT2D eigenvalue weighted by Crippen LogP contribution is -2.07. The number of hydrogen-bond donors (Lipinski definition) is 0. The largest absolute Gasteiger partial charge is 0.469 e. The van der Waals surface area contributed by atoms with Gasteiger partial charge in [-0.1, -0.05) is 43.8 Å². The minimum absolute atomic E-state index is 0.195. The van der Waals surface area contributed by atoms with Crippen LogP contribution in [0.1, 0.15) is 44.6 Å². The topological polar surface area (TPSA) is 44.1 Å². The molecular formula is C18H24N2O2S. The van der Waals surface area contributed by atoms with Crippen LogP contribution in [0, 0.1) is 0 Å². The van der Waals surface area contributed by atoms with Gasteiger partial charge in [-0.2, -0.15) is 0 Å². The average molecular weight is 332 g/mol. The normalized spacial score (nSPS) is 11.0. The van der Waals surface area contributed by atoms with E-state index in [1.54, 1.807) is 11.8 Å². The van der Waals surface area contributed by atoms with Crippen LogP contribution in [0.25, 0.3) is 0 Å². The monoisotopic (exact) mass is 332 g/mol. The van der Waals surface area contributed by atoms with Crippen molar-refractivity contribution in [1.82, 2.24) is 9.55 Å². The second kappa shape index (κ2) is 8.20. The molecule has 0 spiro atoms. The molecule has 2 rings (SSSR count). The minimum Gasteiger partial charge on any atom is -0.469 e. The highest BCUT2D eigenvalue weighted by Gasteiger charge is 2.20. The Kier molecular flexibility index (Phi) is 6.28. The zero-order valence-corrected chi connectivity index (χ0v) is 15.0. The van der Waals surface area contributed by atoms with Crippen LogP contribution in [0.5, 0.6) is 0 Å². The van der Waals surface area contributed by atoms with E-state index in [4.69, 9.17) is 9.72 Å². The number of aromatic nitrogens is 2. The zero-order valence-electron chi connectivity index (χ0n) is 14.2. The highest BCUT2D eigenvalue weighted by atomic mass is 32.2. The molecule has 0 amide bonds. The Labute approximate surface area is 142 Å². The first-order valence-corrected chi connectivity index (χ1v) is 8.77. The first kappa shape index (κ1) is 17.6. The minimum atomic E-state index is -0.195. The van der Waals surface area contributed by atoms with Crippen molar-refractivity contribution in [2.75, 3.05) is 7.11 Å². The molecule has 0 aliphatic carbocycles. The maximum atomic E-state index is 11.4. The standard InChI is InChI=1S/C18H24N2O2S/c1-5-20-15(11-12-16(21)22-4)19-17(13(2)3)18(20)23-14-9-7-6-8-10-14/h6-10,13H,5,11-12H2,1-4H3. The lowest BCUT2D eigenvalue weighted by molar-refractivity contribution is -0.140. The van der Waals surface area contributed by atoms with Crippen LogP contribution in [0.4, 0.5) is 0 Å². The molecule has 0 atom stereocenters. The van der Waals surface area contributed by atoms with Gasteiger partial charge >= 0.3 is 5.97 Å². The lowest BCUT2D eigenvalue weighted by atomic mass is 10.1. The predicted molar refractivity (Wildman–Crippen MR) is 92.9 cm³/mol. The van der Waals surface area contributed by atoms with Crippen LogP contribution >= 0.6 is 11.8 Å². The van der Waals surface area contributed by atoms with Gasteiger partial charge in [0.15, 0.2) is 0 Å². The number of nitrogens with zero attached hydrogens (tertiary/aromatic N) is 2. The van der Waals surface area contributed by atoms with Gasteiger partial charge < -0.3 is 9.30 Å². The highest BCUT2D eigenvalue weighted by Crippen LogP contribution is 2.35. The molecule has 0 saturated carbocycles. The molecule has 0 aliphatic rings. The molecule has 1 heterocycles. The third-order valence-corrected chi connectivity index (χ3v) is 4.76. The Morgan fingerprint density at radius 2 is 2.00 bits per heavy atom. The smallest absolute Gasteiger partial charge is 0.305 e. The summed E-state index contributed by atoms with van der Waals surface area (Å²) >= 11 is 1.74. The molecule has 124 valence electrons. The number of rotatable bonds is 7. The van der Waals surface area contributed by atoms with E-state index in [0.29, 0.717) is 18.8 Å². The molecule has 1 aromatic heterocycles. The molecule has 0 unspecified atom stereocenters. The summed E-state index contributed by atoms with van der Waals surface area (Å²) in [6, 6.07) is 10.3. The van der Waals surface area contributed by atoms with Gasteiger partial charge in [0.25, 0.3) is 0 Å². The number of benzene rings is 1. The summed E-state index contributed by atoms with van der Waals surface area (Å²) in [5.74, 6) is 1.10. The summed E-state index contributed by atoms with van der Waals surface area (Å²) in [6.07, 6.45) is 0.968. The van der Waals surface area contributed by atoms with Crippen LogP contribution in [-0.4, -0.2) is 22.6 Å². The fraction of sp³-hybridized carbons (Fsp3) is 0.444. The van der Waals surface area contributed by atoms with Crippen LogP contribution in [-0.2, 0) is 22.5 Å². The quantitative estimate of drug-likeness (QED) is 0.710. The van der Waals surface area contributed by atoms with Crippen molar-refractivity contribution in [2.24, 2.45) is 0 Å². The molecule has 0 saturated heterocycles. The number of hydrogen-bond acceptors (Lipinski definition) is 4. The Morgan fingerprint density at radius 3 is 2.57 bits per heavy atom. The average Bonchev–Trinajstić information content (AvgIpc) is 2.91. The summed E-state index contributed by atoms with van der Waals surface area (Å²) in [7, 11) is 1.42.